The molecule has 1 atom stereocenters. The van der Waals surface area contributed by atoms with Gasteiger partial charge in [-0.3, -0.25) is 4.79 Å². The highest BCUT2D eigenvalue weighted by atomic mass is 32.2. The third-order valence-electron chi connectivity index (χ3n) is 6.68. The molecule has 1 saturated carbocycles. The van der Waals surface area contributed by atoms with E-state index >= 15 is 0 Å². The van der Waals surface area contributed by atoms with Crippen molar-refractivity contribution in [3.8, 4) is 0 Å². The number of benzene rings is 2. The number of aliphatic carboxylic acids is 1. The molecule has 1 aliphatic heterocycles. The third kappa shape index (κ3) is 6.92. The van der Waals surface area contributed by atoms with Crippen LogP contribution in [0.3, 0.4) is 0 Å². The van der Waals surface area contributed by atoms with E-state index in [2.05, 4.69) is 10.6 Å². The summed E-state index contributed by atoms with van der Waals surface area (Å²) in [5.74, 6) is -0.613. The summed E-state index contributed by atoms with van der Waals surface area (Å²) in [7, 11) is 0. The maximum absolute atomic E-state index is 12.7. The van der Waals surface area contributed by atoms with Crippen LogP contribution in [0.1, 0.15) is 43.2 Å². The van der Waals surface area contributed by atoms with Gasteiger partial charge in [0.25, 0.3) is 0 Å². The fourth-order valence-electron chi connectivity index (χ4n) is 4.75. The molecule has 3 N–H and O–H groups in total. The van der Waals surface area contributed by atoms with Gasteiger partial charge in [-0.05, 0) is 84.6 Å². The molecule has 0 spiro atoms. The van der Waals surface area contributed by atoms with E-state index in [0.29, 0.717) is 48.6 Å². The molecule has 4 rings (SSSR count). The van der Waals surface area contributed by atoms with Crippen LogP contribution in [0.15, 0.2) is 47.4 Å². The molecule has 1 heterocycles. The first-order chi connectivity index (χ1) is 17.3. The SMILES string of the molecule is C[S+]([O-])c1cccc(NC(=O)Nc2ccc3c(c2)CCN(C(=O)O[C@H]2CC[C@H](CC(=O)O)CC2)C3)c1. The Morgan fingerprint density at radius 2 is 1.78 bits per heavy atom. The fourth-order valence-corrected chi connectivity index (χ4v) is 5.31. The number of ether oxygens (including phenoxy) is 1. The van der Waals surface area contributed by atoms with Crippen LogP contribution in [-0.4, -0.2) is 51.6 Å². The summed E-state index contributed by atoms with van der Waals surface area (Å²) in [6, 6.07) is 12.1. The van der Waals surface area contributed by atoms with Gasteiger partial charge in [0.1, 0.15) is 12.4 Å². The number of nitrogens with zero attached hydrogens (tertiary/aromatic N) is 1. The highest BCUT2D eigenvalue weighted by Crippen LogP contribution is 2.30. The lowest BCUT2D eigenvalue weighted by Crippen LogP contribution is -2.39. The van der Waals surface area contributed by atoms with Crippen molar-refractivity contribution >= 4 is 40.6 Å². The largest absolute Gasteiger partial charge is 0.612 e. The zero-order chi connectivity index (χ0) is 25.7. The summed E-state index contributed by atoms with van der Waals surface area (Å²) < 4.78 is 17.4. The van der Waals surface area contributed by atoms with Crippen molar-refractivity contribution in [2.24, 2.45) is 5.92 Å². The lowest BCUT2D eigenvalue weighted by Gasteiger charge is -2.32. The molecule has 1 unspecified atom stereocenters. The topological polar surface area (TPSA) is 131 Å². The molecule has 0 saturated heterocycles. The fraction of sp³-hybridized carbons (Fsp3) is 0.423. The first-order valence-corrected chi connectivity index (χ1v) is 13.6. The maximum atomic E-state index is 12.7. The van der Waals surface area contributed by atoms with Crippen molar-refractivity contribution in [1.29, 1.82) is 0 Å². The smallest absolute Gasteiger partial charge is 0.410 e. The number of carbonyl (C=O) groups is 3. The third-order valence-corrected chi connectivity index (χ3v) is 7.60. The second-order valence-corrected chi connectivity index (χ2v) is 10.7. The number of carbonyl (C=O) groups excluding carboxylic acids is 2. The second kappa shape index (κ2) is 11.7. The monoisotopic (exact) mass is 513 g/mol. The molecule has 0 aromatic heterocycles. The highest BCUT2D eigenvalue weighted by molar-refractivity contribution is 7.90. The highest BCUT2D eigenvalue weighted by Gasteiger charge is 2.28. The van der Waals surface area contributed by atoms with Crippen LogP contribution in [0.2, 0.25) is 0 Å². The molecule has 2 aromatic carbocycles. The van der Waals surface area contributed by atoms with Gasteiger partial charge in [0, 0.05) is 37.0 Å². The predicted molar refractivity (Wildman–Crippen MR) is 136 cm³/mol. The van der Waals surface area contributed by atoms with Gasteiger partial charge < -0.3 is 29.9 Å². The predicted octanol–water partition coefficient (Wildman–Crippen LogP) is 4.60. The molecule has 0 bridgehead atoms. The van der Waals surface area contributed by atoms with Gasteiger partial charge in [0.2, 0.25) is 0 Å². The van der Waals surface area contributed by atoms with Gasteiger partial charge in [0.15, 0.2) is 4.90 Å². The molecule has 1 aliphatic carbocycles. The number of nitrogens with one attached hydrogen (secondary N) is 2. The van der Waals surface area contributed by atoms with Crippen LogP contribution in [-0.2, 0) is 33.7 Å². The Bertz CT molecular complexity index is 1120. The van der Waals surface area contributed by atoms with Crippen LogP contribution in [0.5, 0.6) is 0 Å². The van der Waals surface area contributed by atoms with E-state index in [9.17, 15) is 18.9 Å². The van der Waals surface area contributed by atoms with E-state index in [4.69, 9.17) is 9.84 Å². The normalized spacial score (nSPS) is 20.1. The average Bonchev–Trinajstić information content (AvgIpc) is 2.84. The van der Waals surface area contributed by atoms with Gasteiger partial charge in [-0.1, -0.05) is 12.1 Å². The van der Waals surface area contributed by atoms with Crippen molar-refractivity contribution in [2.75, 3.05) is 23.4 Å². The number of anilines is 2. The average molecular weight is 514 g/mol. The molecule has 1 fully saturated rings. The van der Waals surface area contributed by atoms with E-state index in [1.54, 1.807) is 41.5 Å². The number of carboxylic acids is 1. The van der Waals surface area contributed by atoms with Gasteiger partial charge in [-0.15, -0.1) is 0 Å². The first kappa shape index (κ1) is 25.8. The lowest BCUT2D eigenvalue weighted by atomic mass is 9.85. The molecule has 0 radical (unpaired) electrons. The summed E-state index contributed by atoms with van der Waals surface area (Å²) in [6.45, 7) is 0.965. The second-order valence-electron chi connectivity index (χ2n) is 9.34. The molecular weight excluding hydrogens is 482 g/mol. The number of amides is 3. The van der Waals surface area contributed by atoms with Crippen molar-refractivity contribution in [3.05, 3.63) is 53.6 Å². The minimum Gasteiger partial charge on any atom is -0.612 e. The minimum absolute atomic E-state index is 0.160. The van der Waals surface area contributed by atoms with Crippen molar-refractivity contribution in [3.63, 3.8) is 0 Å². The number of rotatable bonds is 6. The van der Waals surface area contributed by atoms with Crippen LogP contribution in [0.25, 0.3) is 0 Å². The van der Waals surface area contributed by atoms with Crippen molar-refractivity contribution < 1.29 is 28.8 Å². The van der Waals surface area contributed by atoms with E-state index in [0.717, 1.165) is 24.0 Å². The van der Waals surface area contributed by atoms with Crippen LogP contribution >= 0.6 is 0 Å². The Labute approximate surface area is 213 Å². The number of carboxylic acid groups (broad SMARTS) is 1. The Morgan fingerprint density at radius 3 is 2.47 bits per heavy atom. The Morgan fingerprint density at radius 1 is 1.06 bits per heavy atom. The van der Waals surface area contributed by atoms with Gasteiger partial charge in [-0.25, -0.2) is 9.59 Å². The molecule has 192 valence electrons. The van der Waals surface area contributed by atoms with Gasteiger partial charge >= 0.3 is 18.1 Å². The molecule has 10 heteroatoms. The van der Waals surface area contributed by atoms with E-state index in [1.165, 1.54) is 0 Å². The number of urea groups is 1. The van der Waals surface area contributed by atoms with Crippen molar-refractivity contribution in [2.45, 2.75) is 56.1 Å². The molecule has 2 aromatic rings. The Balaban J connectivity index is 1.27. The quantitative estimate of drug-likeness (QED) is 0.484. The molecular formula is C26H31N3O6S. The van der Waals surface area contributed by atoms with Crippen LogP contribution in [0, 0.1) is 5.92 Å². The zero-order valence-corrected chi connectivity index (χ0v) is 21.0. The minimum atomic E-state index is -1.13. The lowest BCUT2D eigenvalue weighted by molar-refractivity contribution is -0.138. The van der Waals surface area contributed by atoms with E-state index < -0.39 is 23.2 Å². The van der Waals surface area contributed by atoms with Crippen LogP contribution < -0.4 is 10.6 Å². The molecule has 9 nitrogen and oxygen atoms in total. The van der Waals surface area contributed by atoms with E-state index in [-0.39, 0.29) is 24.5 Å². The molecule has 3 amide bonds. The van der Waals surface area contributed by atoms with E-state index in [1.807, 2.05) is 12.1 Å². The Hall–Kier alpha value is -3.24. The summed E-state index contributed by atoms with van der Waals surface area (Å²) in [5, 5.41) is 14.5. The standard InChI is InChI=1S/C26H31N3O6S/c1-36(34)23-4-2-3-20(15-23)27-25(32)28-21-8-7-19-16-29(12-11-18(19)14-21)26(33)35-22-9-5-17(6-10-22)13-24(30)31/h2-4,7-8,14-15,17,22H,5-6,9-13,16H2,1H3,(H,30,31)(H2,27,28,32)/t17-,22-,36?. The summed E-state index contributed by atoms with van der Waals surface area (Å²) >= 11 is -1.13. The Kier molecular flexibility index (Phi) is 8.37. The number of hydrogen-bond donors (Lipinski definition) is 3. The summed E-state index contributed by atoms with van der Waals surface area (Å²) in [5.41, 5.74) is 3.28. The number of fused-ring (bicyclic) bond motifs is 1. The van der Waals surface area contributed by atoms with Crippen molar-refractivity contribution in [1.82, 2.24) is 4.90 Å². The summed E-state index contributed by atoms with van der Waals surface area (Å²) in [4.78, 5) is 38.4. The first-order valence-electron chi connectivity index (χ1n) is 12.1. The maximum Gasteiger partial charge on any atom is 0.410 e. The van der Waals surface area contributed by atoms with Gasteiger partial charge in [-0.2, -0.15) is 0 Å². The van der Waals surface area contributed by atoms with Crippen LogP contribution in [0.4, 0.5) is 21.0 Å². The number of hydrogen-bond acceptors (Lipinski definition) is 5. The van der Waals surface area contributed by atoms with Gasteiger partial charge in [0.05, 0.1) is 0 Å². The molecule has 36 heavy (non-hydrogen) atoms. The zero-order valence-electron chi connectivity index (χ0n) is 20.2. The summed E-state index contributed by atoms with van der Waals surface area (Å²) in [6.07, 6.45) is 4.85. The molecule has 2 aliphatic rings.